The number of benzene rings is 1. The zero-order valence-corrected chi connectivity index (χ0v) is 17.3. The van der Waals surface area contributed by atoms with E-state index < -0.39 is 11.8 Å². The van der Waals surface area contributed by atoms with E-state index in [1.807, 2.05) is 28.7 Å². The molecule has 0 saturated carbocycles. The van der Waals surface area contributed by atoms with E-state index in [0.717, 1.165) is 0 Å². The predicted octanol–water partition coefficient (Wildman–Crippen LogP) is 3.06. The minimum Gasteiger partial charge on any atom is -0.366 e. The normalized spacial score (nSPS) is 10.4. The van der Waals surface area contributed by atoms with Crippen molar-refractivity contribution in [2.75, 3.05) is 5.32 Å². The molecule has 3 aromatic rings. The largest absolute Gasteiger partial charge is 0.366 e. The summed E-state index contributed by atoms with van der Waals surface area (Å²) in [6.45, 7) is 1.67. The zero-order valence-electron chi connectivity index (χ0n) is 14.4. The van der Waals surface area contributed by atoms with Crippen molar-refractivity contribution in [3.05, 3.63) is 67.6 Å². The van der Waals surface area contributed by atoms with Gasteiger partial charge in [-0.05, 0) is 59.3 Å². The number of aromatic nitrogens is 3. The van der Waals surface area contributed by atoms with Crippen LogP contribution in [0, 0.1) is 22.0 Å². The van der Waals surface area contributed by atoms with Crippen LogP contribution in [0.5, 0.6) is 0 Å². The lowest BCUT2D eigenvalue weighted by Gasteiger charge is -2.13. The SMILES string of the molecule is Cc1cc(C#N)cc(C(N)=O)c1NC(=O)c1cc(I)nn1-c1ncccc1Cl. The lowest BCUT2D eigenvalue weighted by atomic mass is 10.0. The Hall–Kier alpha value is -2.97. The number of halogens is 2. The van der Waals surface area contributed by atoms with Gasteiger partial charge in [-0.15, -0.1) is 0 Å². The Bertz CT molecular complexity index is 1150. The number of nitrogens with zero attached hydrogens (tertiary/aromatic N) is 4. The van der Waals surface area contributed by atoms with Crippen LogP contribution in [0.2, 0.25) is 5.02 Å². The maximum atomic E-state index is 13.0. The molecular weight excluding hydrogens is 495 g/mol. The Kier molecular flexibility index (Phi) is 5.62. The summed E-state index contributed by atoms with van der Waals surface area (Å²) < 4.78 is 1.87. The molecule has 0 atom stereocenters. The predicted molar refractivity (Wildman–Crippen MR) is 111 cm³/mol. The number of primary amides is 1. The number of nitrogens with one attached hydrogen (secondary N) is 1. The van der Waals surface area contributed by atoms with E-state index >= 15 is 0 Å². The second-order valence-corrected chi connectivity index (χ2v) is 7.23. The zero-order chi connectivity index (χ0) is 20.4. The van der Waals surface area contributed by atoms with Crippen LogP contribution in [0.15, 0.2) is 36.5 Å². The number of hydrogen-bond acceptors (Lipinski definition) is 5. The second kappa shape index (κ2) is 7.95. The lowest BCUT2D eigenvalue weighted by Crippen LogP contribution is -2.22. The molecule has 3 rings (SSSR count). The number of rotatable bonds is 4. The molecular formula is C18H12ClIN6O2. The highest BCUT2D eigenvalue weighted by molar-refractivity contribution is 14.1. The molecule has 0 aliphatic carbocycles. The van der Waals surface area contributed by atoms with Crippen LogP contribution >= 0.6 is 34.2 Å². The molecule has 0 saturated heterocycles. The van der Waals surface area contributed by atoms with Crippen molar-refractivity contribution in [3.8, 4) is 11.9 Å². The van der Waals surface area contributed by atoms with Crippen LogP contribution in [0.3, 0.4) is 0 Å². The molecule has 2 heterocycles. The topological polar surface area (TPSA) is 127 Å². The van der Waals surface area contributed by atoms with Crippen molar-refractivity contribution in [2.45, 2.75) is 6.92 Å². The summed E-state index contributed by atoms with van der Waals surface area (Å²) in [5.41, 5.74) is 6.66. The molecule has 0 aliphatic rings. The molecule has 0 bridgehead atoms. The number of amides is 2. The van der Waals surface area contributed by atoms with Crippen LogP contribution < -0.4 is 11.1 Å². The van der Waals surface area contributed by atoms with Crippen LogP contribution in [0.4, 0.5) is 5.69 Å². The van der Waals surface area contributed by atoms with Crippen molar-refractivity contribution >= 4 is 51.7 Å². The summed E-state index contributed by atoms with van der Waals surface area (Å²) in [6.07, 6.45) is 1.54. The first-order chi connectivity index (χ1) is 13.3. The average Bonchev–Trinajstić information content (AvgIpc) is 3.04. The van der Waals surface area contributed by atoms with Gasteiger partial charge in [-0.2, -0.15) is 10.4 Å². The number of anilines is 1. The Labute approximate surface area is 178 Å². The van der Waals surface area contributed by atoms with E-state index in [1.54, 1.807) is 31.2 Å². The Morgan fingerprint density at radius 2 is 2.11 bits per heavy atom. The number of nitriles is 1. The third-order valence-corrected chi connectivity index (χ3v) is 4.64. The van der Waals surface area contributed by atoms with Crippen molar-refractivity contribution in [3.63, 3.8) is 0 Å². The Balaban J connectivity index is 2.06. The first kappa shape index (κ1) is 19.8. The highest BCUT2D eigenvalue weighted by Gasteiger charge is 2.21. The Morgan fingerprint density at radius 1 is 1.36 bits per heavy atom. The molecule has 140 valence electrons. The smallest absolute Gasteiger partial charge is 0.274 e. The first-order valence-corrected chi connectivity index (χ1v) is 9.30. The van der Waals surface area contributed by atoms with Gasteiger partial charge in [0.25, 0.3) is 11.8 Å². The summed E-state index contributed by atoms with van der Waals surface area (Å²) in [6, 6.07) is 9.71. The van der Waals surface area contributed by atoms with Crippen LogP contribution in [0.25, 0.3) is 5.82 Å². The van der Waals surface area contributed by atoms with Crippen LogP contribution in [-0.4, -0.2) is 26.6 Å². The van der Waals surface area contributed by atoms with Gasteiger partial charge >= 0.3 is 0 Å². The van der Waals surface area contributed by atoms with Crippen LogP contribution in [0.1, 0.15) is 32.0 Å². The fraction of sp³-hybridized carbons (Fsp3) is 0.0556. The molecule has 2 aromatic heterocycles. The number of hydrogen-bond donors (Lipinski definition) is 2. The van der Waals surface area contributed by atoms with E-state index in [9.17, 15) is 9.59 Å². The second-order valence-electron chi connectivity index (χ2n) is 5.72. The minimum absolute atomic E-state index is 0.0431. The van der Waals surface area contributed by atoms with Gasteiger partial charge in [0.05, 0.1) is 27.9 Å². The fourth-order valence-electron chi connectivity index (χ4n) is 2.60. The van der Waals surface area contributed by atoms with Gasteiger partial charge in [0, 0.05) is 12.3 Å². The van der Waals surface area contributed by atoms with Gasteiger partial charge in [0.1, 0.15) is 9.39 Å². The molecule has 0 unspecified atom stereocenters. The first-order valence-electron chi connectivity index (χ1n) is 7.84. The standard InChI is InChI=1S/C18H12ClIN6O2/c1-9-5-10(8-21)6-11(16(22)27)15(9)24-18(28)13-7-14(20)25-26(13)17-12(19)3-2-4-23-17/h2-7H,1H3,(H2,22,27)(H,24,28). The molecule has 1 aromatic carbocycles. The molecule has 28 heavy (non-hydrogen) atoms. The molecule has 2 amide bonds. The molecule has 0 radical (unpaired) electrons. The maximum Gasteiger partial charge on any atom is 0.274 e. The van der Waals surface area contributed by atoms with Gasteiger partial charge in [0.2, 0.25) is 0 Å². The summed E-state index contributed by atoms with van der Waals surface area (Å²) in [4.78, 5) is 28.9. The van der Waals surface area contributed by atoms with E-state index in [4.69, 9.17) is 22.6 Å². The fourth-order valence-corrected chi connectivity index (χ4v) is 3.31. The maximum absolute atomic E-state index is 13.0. The molecule has 0 fully saturated rings. The van der Waals surface area contributed by atoms with Crippen molar-refractivity contribution < 1.29 is 9.59 Å². The Morgan fingerprint density at radius 3 is 2.75 bits per heavy atom. The third-order valence-electron chi connectivity index (χ3n) is 3.82. The van der Waals surface area contributed by atoms with Crippen molar-refractivity contribution in [1.82, 2.24) is 14.8 Å². The average molecular weight is 507 g/mol. The van der Waals surface area contributed by atoms with Crippen LogP contribution in [-0.2, 0) is 0 Å². The lowest BCUT2D eigenvalue weighted by molar-refractivity contribution is 0.100. The monoisotopic (exact) mass is 506 g/mol. The molecule has 8 nitrogen and oxygen atoms in total. The van der Waals surface area contributed by atoms with Gasteiger partial charge in [-0.1, -0.05) is 11.6 Å². The highest BCUT2D eigenvalue weighted by Crippen LogP contribution is 2.25. The summed E-state index contributed by atoms with van der Waals surface area (Å²) in [7, 11) is 0. The van der Waals surface area contributed by atoms with Crippen molar-refractivity contribution in [2.24, 2.45) is 5.73 Å². The highest BCUT2D eigenvalue weighted by atomic mass is 127. The minimum atomic E-state index is -0.758. The molecule has 0 aliphatic heterocycles. The van der Waals surface area contributed by atoms with Gasteiger partial charge in [-0.3, -0.25) is 9.59 Å². The third kappa shape index (κ3) is 3.83. The van der Waals surface area contributed by atoms with Gasteiger partial charge < -0.3 is 11.1 Å². The summed E-state index contributed by atoms with van der Waals surface area (Å²) >= 11 is 8.15. The number of nitrogens with two attached hydrogens (primary N) is 1. The molecule has 3 N–H and O–H groups in total. The quantitative estimate of drug-likeness (QED) is 0.526. The van der Waals surface area contributed by atoms with E-state index in [0.29, 0.717) is 20.1 Å². The van der Waals surface area contributed by atoms with E-state index in [2.05, 4.69) is 15.4 Å². The number of carbonyl (C=O) groups is 2. The number of aryl methyl sites for hydroxylation is 1. The van der Waals surface area contributed by atoms with Gasteiger partial charge in [0.15, 0.2) is 5.82 Å². The van der Waals surface area contributed by atoms with Gasteiger partial charge in [-0.25, -0.2) is 9.67 Å². The summed E-state index contributed by atoms with van der Waals surface area (Å²) in [5, 5.41) is 16.4. The summed E-state index contributed by atoms with van der Waals surface area (Å²) in [5.74, 6) is -0.997. The number of pyridine rings is 1. The van der Waals surface area contributed by atoms with Crippen molar-refractivity contribution in [1.29, 1.82) is 5.26 Å². The van der Waals surface area contributed by atoms with E-state index in [1.165, 1.54) is 16.9 Å². The molecule has 0 spiro atoms. The molecule has 10 heteroatoms. The van der Waals surface area contributed by atoms with E-state index in [-0.39, 0.29) is 22.5 Å². The number of carbonyl (C=O) groups excluding carboxylic acids is 2.